The second-order valence-corrected chi connectivity index (χ2v) is 11.1. The van der Waals surface area contributed by atoms with E-state index in [1.807, 2.05) is 55.2 Å². The van der Waals surface area contributed by atoms with Crippen molar-refractivity contribution in [2.45, 2.75) is 24.3 Å². The van der Waals surface area contributed by atoms with E-state index in [1.54, 1.807) is 30.5 Å². The molecule has 9 nitrogen and oxygen atoms in total. The Morgan fingerprint density at radius 3 is 2.33 bits per heavy atom. The molecule has 1 aliphatic rings. The Bertz CT molecular complexity index is 1600. The van der Waals surface area contributed by atoms with Crippen LogP contribution in [0.1, 0.15) is 29.3 Å². The molecule has 0 aliphatic carbocycles. The maximum atomic E-state index is 12.9. The van der Waals surface area contributed by atoms with Gasteiger partial charge in [-0.1, -0.05) is 30.3 Å². The minimum atomic E-state index is -4.09. The van der Waals surface area contributed by atoms with E-state index in [0.717, 1.165) is 22.5 Å². The first-order valence-electron chi connectivity index (χ1n) is 12.4. The molecule has 1 aromatic heterocycles. The Labute approximate surface area is 227 Å². The number of aryl methyl sites for hydroxylation is 1. The highest BCUT2D eigenvalue weighted by Gasteiger charge is 2.31. The van der Waals surface area contributed by atoms with Gasteiger partial charge in [-0.05, 0) is 72.6 Å². The number of carbonyl (C=O) groups is 1. The number of benzene rings is 3. The maximum absolute atomic E-state index is 12.9. The topological polar surface area (TPSA) is 107 Å². The Kier molecular flexibility index (Phi) is 7.12. The summed E-state index contributed by atoms with van der Waals surface area (Å²) in [4.78, 5) is 14.4. The van der Waals surface area contributed by atoms with E-state index in [0.29, 0.717) is 23.6 Å². The lowest BCUT2D eigenvalue weighted by molar-refractivity contribution is 0.256. The van der Waals surface area contributed by atoms with Crippen LogP contribution in [0.25, 0.3) is 0 Å². The molecule has 2 heterocycles. The highest BCUT2D eigenvalue weighted by molar-refractivity contribution is 7.90. The average Bonchev–Trinajstić information content (AvgIpc) is 3.60. The molecular formula is C29H29N5O4S. The number of hydrogen-bond donors (Lipinski definition) is 2. The van der Waals surface area contributed by atoms with E-state index in [4.69, 9.17) is 9.52 Å². The predicted molar refractivity (Wildman–Crippen MR) is 153 cm³/mol. The molecule has 200 valence electrons. The molecule has 0 bridgehead atoms. The minimum Gasteiger partial charge on any atom is -0.463 e. The number of nitrogens with zero attached hydrogens (tertiary/aromatic N) is 3. The molecule has 1 aliphatic heterocycles. The van der Waals surface area contributed by atoms with Crippen LogP contribution in [0.4, 0.5) is 21.9 Å². The highest BCUT2D eigenvalue weighted by Crippen LogP contribution is 2.37. The molecular weight excluding hydrogens is 514 g/mol. The molecule has 0 fully saturated rings. The Hall–Kier alpha value is -4.57. The molecule has 0 spiro atoms. The third kappa shape index (κ3) is 5.65. The number of anilines is 3. The van der Waals surface area contributed by atoms with E-state index in [2.05, 4.69) is 34.3 Å². The van der Waals surface area contributed by atoms with E-state index < -0.39 is 16.1 Å². The van der Waals surface area contributed by atoms with E-state index in [1.165, 1.54) is 12.1 Å². The Morgan fingerprint density at radius 1 is 0.974 bits per heavy atom. The van der Waals surface area contributed by atoms with Crippen molar-refractivity contribution in [1.82, 2.24) is 4.72 Å². The summed E-state index contributed by atoms with van der Waals surface area (Å²) >= 11 is 0. The number of amides is 2. The molecule has 1 unspecified atom stereocenters. The van der Waals surface area contributed by atoms with Gasteiger partial charge >= 0.3 is 6.03 Å². The van der Waals surface area contributed by atoms with Crippen molar-refractivity contribution in [2.24, 2.45) is 5.10 Å². The van der Waals surface area contributed by atoms with Crippen molar-refractivity contribution in [3.63, 3.8) is 0 Å². The van der Waals surface area contributed by atoms with Crippen molar-refractivity contribution in [3.8, 4) is 0 Å². The van der Waals surface area contributed by atoms with Gasteiger partial charge in [-0.2, -0.15) is 5.10 Å². The monoisotopic (exact) mass is 543 g/mol. The number of furan rings is 1. The smallest absolute Gasteiger partial charge is 0.333 e. The van der Waals surface area contributed by atoms with Gasteiger partial charge in [-0.3, -0.25) is 5.01 Å². The number of carbonyl (C=O) groups excluding carboxylic acids is 1. The first-order chi connectivity index (χ1) is 18.7. The van der Waals surface area contributed by atoms with E-state index in [-0.39, 0.29) is 10.9 Å². The summed E-state index contributed by atoms with van der Waals surface area (Å²) in [5.41, 5.74) is 5.01. The largest absolute Gasteiger partial charge is 0.463 e. The SMILES string of the molecule is Cc1ccccc1NC(=O)NS(=O)(=O)c1ccc(N2N=C(c3ccco3)CC2c2ccc(N(C)C)cc2)cc1. The van der Waals surface area contributed by atoms with Crippen LogP contribution in [0, 0.1) is 6.92 Å². The maximum Gasteiger partial charge on any atom is 0.333 e. The molecule has 1 atom stereocenters. The summed E-state index contributed by atoms with van der Waals surface area (Å²) < 4.78 is 33.5. The van der Waals surface area contributed by atoms with Gasteiger partial charge in [0, 0.05) is 31.9 Å². The zero-order valence-corrected chi connectivity index (χ0v) is 22.6. The lowest BCUT2D eigenvalue weighted by Crippen LogP contribution is -2.34. The molecule has 0 saturated heterocycles. The molecule has 3 aromatic carbocycles. The van der Waals surface area contributed by atoms with Crippen molar-refractivity contribution < 1.29 is 17.6 Å². The van der Waals surface area contributed by atoms with Crippen molar-refractivity contribution >= 4 is 38.8 Å². The summed E-state index contributed by atoms with van der Waals surface area (Å²) in [6, 6.07) is 24.4. The van der Waals surface area contributed by atoms with Gasteiger partial charge in [0.05, 0.1) is 22.9 Å². The molecule has 2 N–H and O–H groups in total. The lowest BCUT2D eigenvalue weighted by Gasteiger charge is -2.25. The van der Waals surface area contributed by atoms with Crippen LogP contribution in [0.2, 0.25) is 0 Å². The van der Waals surface area contributed by atoms with Gasteiger partial charge in [0.2, 0.25) is 0 Å². The average molecular weight is 544 g/mol. The number of nitrogens with one attached hydrogen (secondary N) is 2. The summed E-state index contributed by atoms with van der Waals surface area (Å²) in [5, 5.41) is 9.28. The fourth-order valence-electron chi connectivity index (χ4n) is 4.41. The van der Waals surface area contributed by atoms with Crippen LogP contribution in [-0.4, -0.2) is 34.3 Å². The molecule has 5 rings (SSSR count). The fraction of sp³-hybridized carbons (Fsp3) is 0.172. The predicted octanol–water partition coefficient (Wildman–Crippen LogP) is 5.52. The number of urea groups is 1. The third-order valence-electron chi connectivity index (χ3n) is 6.54. The minimum absolute atomic E-state index is 0.0347. The summed E-state index contributed by atoms with van der Waals surface area (Å²) in [5.74, 6) is 0.690. The number of para-hydroxylation sites is 1. The van der Waals surface area contributed by atoms with Gasteiger partial charge in [0.1, 0.15) is 11.5 Å². The molecule has 0 saturated carbocycles. The molecule has 4 aromatic rings. The van der Waals surface area contributed by atoms with Crippen molar-refractivity contribution in [1.29, 1.82) is 0 Å². The molecule has 10 heteroatoms. The number of rotatable bonds is 7. The fourth-order valence-corrected chi connectivity index (χ4v) is 5.32. The Morgan fingerprint density at radius 2 is 1.69 bits per heavy atom. The number of sulfonamides is 1. The van der Waals surface area contributed by atoms with Crippen molar-refractivity contribution in [2.75, 3.05) is 29.3 Å². The summed E-state index contributed by atoms with van der Waals surface area (Å²) in [7, 11) is -0.110. The second kappa shape index (κ2) is 10.7. The van der Waals surface area contributed by atoms with Gasteiger partial charge in [-0.25, -0.2) is 17.9 Å². The van der Waals surface area contributed by atoms with Gasteiger partial charge in [0.15, 0.2) is 0 Å². The second-order valence-electron chi connectivity index (χ2n) is 9.44. The standard InChI is InChI=1S/C29H29N5O4S/c1-20-7-4-5-8-25(20)30-29(35)32-39(36,37)24-16-14-23(15-17-24)34-27(19-26(31-34)28-9-6-18-38-28)21-10-12-22(13-11-21)33(2)3/h4-18,27H,19H2,1-3H3,(H2,30,32,35). The number of hydrazone groups is 1. The van der Waals surface area contributed by atoms with Crippen LogP contribution in [-0.2, 0) is 10.0 Å². The van der Waals surface area contributed by atoms with Gasteiger partial charge in [-0.15, -0.1) is 0 Å². The highest BCUT2D eigenvalue weighted by atomic mass is 32.2. The summed E-state index contributed by atoms with van der Waals surface area (Å²) in [6.45, 7) is 1.82. The van der Waals surface area contributed by atoms with Crippen LogP contribution < -0.4 is 19.9 Å². The first kappa shape index (κ1) is 26.1. The van der Waals surface area contributed by atoms with Gasteiger partial charge < -0.3 is 14.6 Å². The lowest BCUT2D eigenvalue weighted by atomic mass is 10.00. The van der Waals surface area contributed by atoms with E-state index >= 15 is 0 Å². The Balaban J connectivity index is 1.38. The summed E-state index contributed by atoms with van der Waals surface area (Å²) in [6.07, 6.45) is 2.23. The quantitative estimate of drug-likeness (QED) is 0.318. The van der Waals surface area contributed by atoms with Crippen LogP contribution in [0.3, 0.4) is 0 Å². The zero-order chi connectivity index (χ0) is 27.6. The third-order valence-corrected chi connectivity index (χ3v) is 7.89. The number of hydrogen-bond acceptors (Lipinski definition) is 7. The molecule has 2 amide bonds. The first-order valence-corrected chi connectivity index (χ1v) is 13.9. The van der Waals surface area contributed by atoms with E-state index in [9.17, 15) is 13.2 Å². The normalized spacial score (nSPS) is 15.1. The van der Waals surface area contributed by atoms with Crippen LogP contribution >= 0.6 is 0 Å². The van der Waals surface area contributed by atoms with Crippen LogP contribution in [0.5, 0.6) is 0 Å². The zero-order valence-electron chi connectivity index (χ0n) is 21.8. The van der Waals surface area contributed by atoms with Crippen molar-refractivity contribution in [3.05, 3.63) is 108 Å². The molecule has 0 radical (unpaired) electrons. The molecule has 39 heavy (non-hydrogen) atoms. The van der Waals surface area contributed by atoms with Crippen LogP contribution in [0.15, 0.2) is 106 Å². The van der Waals surface area contributed by atoms with Gasteiger partial charge in [0.25, 0.3) is 10.0 Å².